The lowest BCUT2D eigenvalue weighted by Gasteiger charge is -2.27. The maximum absolute atomic E-state index is 13.3. The number of aryl methyl sites for hydroxylation is 2. The van der Waals surface area contributed by atoms with Crippen LogP contribution in [0.1, 0.15) is 53.6 Å². The predicted octanol–water partition coefficient (Wildman–Crippen LogP) is 5.74. The van der Waals surface area contributed by atoms with E-state index >= 15 is 0 Å². The van der Waals surface area contributed by atoms with Crippen LogP contribution in [0.15, 0.2) is 78.4 Å². The van der Waals surface area contributed by atoms with Crippen molar-refractivity contribution in [1.29, 1.82) is 0 Å². The second-order valence-corrected chi connectivity index (χ2v) is 9.94. The van der Waals surface area contributed by atoms with Gasteiger partial charge in [-0.3, -0.25) is 9.59 Å². The summed E-state index contributed by atoms with van der Waals surface area (Å²) in [6.45, 7) is 5.37. The number of carbonyl (C=O) groups excluding carboxylic acids is 2. The first-order chi connectivity index (χ1) is 18.5. The topological polar surface area (TPSA) is 76.1 Å². The Kier molecular flexibility index (Phi) is 7.61. The van der Waals surface area contributed by atoms with E-state index < -0.39 is 17.7 Å². The molecule has 0 aliphatic carbocycles. The number of amides is 1. The van der Waals surface area contributed by atoms with Crippen LogP contribution in [0.2, 0.25) is 0 Å². The van der Waals surface area contributed by atoms with Crippen molar-refractivity contribution in [2.75, 3.05) is 13.2 Å². The van der Waals surface area contributed by atoms with E-state index in [1.54, 1.807) is 23.1 Å². The van der Waals surface area contributed by atoms with Crippen molar-refractivity contribution in [3.8, 4) is 5.75 Å². The van der Waals surface area contributed by atoms with Gasteiger partial charge in [-0.2, -0.15) is 0 Å². The minimum absolute atomic E-state index is 0.106. The number of Topliss-reactive ketones (excluding diaryl/α,β-unsaturated/α-hetero) is 1. The summed E-state index contributed by atoms with van der Waals surface area (Å²) in [7, 11) is 0. The number of aliphatic hydroxyl groups excluding tert-OH is 1. The lowest BCUT2D eigenvalue weighted by molar-refractivity contribution is -0.140. The fourth-order valence-electron chi connectivity index (χ4n) is 5.21. The molecule has 2 heterocycles. The molecule has 6 nitrogen and oxygen atoms in total. The van der Waals surface area contributed by atoms with Crippen molar-refractivity contribution in [1.82, 2.24) is 4.90 Å². The summed E-state index contributed by atoms with van der Waals surface area (Å²) in [5, 5.41) is 11.5. The third-order valence-corrected chi connectivity index (χ3v) is 7.35. The van der Waals surface area contributed by atoms with E-state index in [9.17, 15) is 14.7 Å². The smallest absolute Gasteiger partial charge is 0.295 e. The van der Waals surface area contributed by atoms with E-state index in [0.29, 0.717) is 31.1 Å². The van der Waals surface area contributed by atoms with Crippen molar-refractivity contribution >= 4 is 17.4 Å². The Morgan fingerprint density at radius 3 is 2.45 bits per heavy atom. The van der Waals surface area contributed by atoms with Crippen LogP contribution in [0, 0.1) is 6.92 Å². The van der Waals surface area contributed by atoms with Gasteiger partial charge >= 0.3 is 0 Å². The molecular weight excluding hydrogens is 478 g/mol. The highest BCUT2D eigenvalue weighted by Crippen LogP contribution is 2.40. The number of ketones is 1. The molecule has 196 valence electrons. The first kappa shape index (κ1) is 25.7. The van der Waals surface area contributed by atoms with E-state index in [0.717, 1.165) is 41.5 Å². The third kappa shape index (κ3) is 5.22. The third-order valence-electron chi connectivity index (χ3n) is 7.35. The minimum Gasteiger partial charge on any atom is -0.507 e. The molecule has 0 aromatic heterocycles. The second-order valence-electron chi connectivity index (χ2n) is 9.94. The molecule has 2 atom stereocenters. The summed E-state index contributed by atoms with van der Waals surface area (Å²) < 4.78 is 11.8. The van der Waals surface area contributed by atoms with Crippen molar-refractivity contribution in [2.24, 2.45) is 0 Å². The van der Waals surface area contributed by atoms with Crippen molar-refractivity contribution in [2.45, 2.75) is 51.9 Å². The number of rotatable bonds is 8. The number of hydrogen-bond donors (Lipinski definition) is 1. The van der Waals surface area contributed by atoms with Gasteiger partial charge in [-0.15, -0.1) is 0 Å². The molecule has 5 rings (SSSR count). The van der Waals surface area contributed by atoms with Crippen molar-refractivity contribution < 1.29 is 24.2 Å². The number of aliphatic hydroxyl groups is 1. The van der Waals surface area contributed by atoms with Crippen molar-refractivity contribution in [3.05, 3.63) is 106 Å². The molecule has 3 aromatic rings. The van der Waals surface area contributed by atoms with Gasteiger partial charge in [0.1, 0.15) is 18.1 Å². The molecule has 3 aromatic carbocycles. The lowest BCUT2D eigenvalue weighted by atomic mass is 9.94. The van der Waals surface area contributed by atoms with Gasteiger partial charge in [-0.25, -0.2) is 0 Å². The number of carbonyl (C=O) groups is 2. The van der Waals surface area contributed by atoms with Crippen LogP contribution in [-0.4, -0.2) is 41.0 Å². The normalized spacial score (nSPS) is 20.7. The van der Waals surface area contributed by atoms with Gasteiger partial charge in [0.15, 0.2) is 0 Å². The van der Waals surface area contributed by atoms with Crippen molar-refractivity contribution in [3.63, 3.8) is 0 Å². The summed E-state index contributed by atoms with van der Waals surface area (Å²) in [6.07, 6.45) is 2.54. The van der Waals surface area contributed by atoms with Gasteiger partial charge in [-0.05, 0) is 66.6 Å². The zero-order valence-electron chi connectivity index (χ0n) is 21.9. The molecular formula is C32H33NO5. The zero-order valence-corrected chi connectivity index (χ0v) is 21.9. The average Bonchev–Trinajstić information content (AvgIpc) is 3.55. The van der Waals surface area contributed by atoms with Gasteiger partial charge in [0, 0.05) is 18.7 Å². The highest BCUT2D eigenvalue weighted by molar-refractivity contribution is 6.46. The van der Waals surface area contributed by atoms with E-state index in [2.05, 4.69) is 6.92 Å². The minimum atomic E-state index is -0.681. The Labute approximate surface area is 223 Å². The van der Waals surface area contributed by atoms with Crippen LogP contribution in [0.3, 0.4) is 0 Å². The molecule has 38 heavy (non-hydrogen) atoms. The van der Waals surface area contributed by atoms with Gasteiger partial charge in [0.05, 0.1) is 17.7 Å². The molecule has 1 amide bonds. The van der Waals surface area contributed by atoms with Crippen LogP contribution in [0.25, 0.3) is 5.76 Å². The summed E-state index contributed by atoms with van der Waals surface area (Å²) in [6, 6.07) is 22.4. The molecule has 2 aliphatic heterocycles. The number of likely N-dealkylation sites (tertiary alicyclic amines) is 1. The molecule has 0 bridgehead atoms. The number of benzene rings is 3. The maximum Gasteiger partial charge on any atom is 0.295 e. The Morgan fingerprint density at radius 1 is 1.03 bits per heavy atom. The Hall–Kier alpha value is -3.90. The second kappa shape index (κ2) is 11.2. The molecule has 0 spiro atoms. The lowest BCUT2D eigenvalue weighted by Crippen LogP contribution is -2.36. The standard InChI is InChI=1S/C32H33NO5/c1-3-22-11-13-24(14-12-22)29-28(31(35)32(36)33(29)19-26-10-7-17-37-26)30(34)25-15-16-27(21(2)18-25)38-20-23-8-5-4-6-9-23/h4-6,8-9,11-16,18,26,29,34H,3,7,10,17,19-20H2,1-2H3/b30-28-. The van der Waals surface area contributed by atoms with E-state index in [1.807, 2.05) is 61.5 Å². The Morgan fingerprint density at radius 2 is 1.79 bits per heavy atom. The first-order valence-electron chi connectivity index (χ1n) is 13.2. The van der Waals surface area contributed by atoms with Crippen LogP contribution >= 0.6 is 0 Å². The summed E-state index contributed by atoms with van der Waals surface area (Å²) >= 11 is 0. The van der Waals surface area contributed by atoms with Gasteiger partial charge in [-0.1, -0.05) is 61.5 Å². The summed E-state index contributed by atoms with van der Waals surface area (Å²) in [5.74, 6) is -0.769. The number of ether oxygens (including phenoxy) is 2. The fourth-order valence-corrected chi connectivity index (χ4v) is 5.21. The molecule has 6 heteroatoms. The number of nitrogens with zero attached hydrogens (tertiary/aromatic N) is 1. The van der Waals surface area contributed by atoms with E-state index in [4.69, 9.17) is 9.47 Å². The molecule has 2 saturated heterocycles. The van der Waals surface area contributed by atoms with Crippen LogP contribution in [-0.2, 0) is 27.4 Å². The first-order valence-corrected chi connectivity index (χ1v) is 13.2. The van der Waals surface area contributed by atoms with Gasteiger partial charge in [0.25, 0.3) is 11.7 Å². The molecule has 1 N–H and O–H groups in total. The summed E-state index contributed by atoms with van der Waals surface area (Å²) in [4.78, 5) is 28.2. The monoisotopic (exact) mass is 511 g/mol. The van der Waals surface area contributed by atoms with Gasteiger partial charge < -0.3 is 19.5 Å². The summed E-state index contributed by atoms with van der Waals surface area (Å²) in [5.41, 5.74) is 4.41. The molecule has 0 radical (unpaired) electrons. The Balaban J connectivity index is 1.49. The fraction of sp³-hybridized carbons (Fsp3) is 0.312. The molecule has 0 saturated carbocycles. The Bertz CT molecular complexity index is 1340. The largest absolute Gasteiger partial charge is 0.507 e. The zero-order chi connectivity index (χ0) is 26.6. The predicted molar refractivity (Wildman–Crippen MR) is 146 cm³/mol. The van der Waals surface area contributed by atoms with Crippen LogP contribution in [0.4, 0.5) is 0 Å². The molecule has 2 aliphatic rings. The highest BCUT2D eigenvalue weighted by atomic mass is 16.5. The quantitative estimate of drug-likeness (QED) is 0.237. The number of hydrogen-bond acceptors (Lipinski definition) is 5. The van der Waals surface area contributed by atoms with Gasteiger partial charge in [0.2, 0.25) is 0 Å². The van der Waals surface area contributed by atoms with Crippen LogP contribution < -0.4 is 4.74 Å². The molecule has 2 fully saturated rings. The highest BCUT2D eigenvalue weighted by Gasteiger charge is 2.47. The van der Waals surface area contributed by atoms with Crippen LogP contribution in [0.5, 0.6) is 5.75 Å². The SMILES string of the molecule is CCc1ccc(C2/C(=C(/O)c3ccc(OCc4ccccc4)c(C)c3)C(=O)C(=O)N2CC2CCCO2)cc1. The maximum atomic E-state index is 13.3. The van der Waals surface area contributed by atoms with E-state index in [1.165, 1.54) is 0 Å². The molecule has 2 unspecified atom stereocenters. The average molecular weight is 512 g/mol. The van der Waals surface area contributed by atoms with E-state index in [-0.39, 0.29) is 17.4 Å².